The number of rotatable bonds is 3. The van der Waals surface area contributed by atoms with Crippen LogP contribution in [0.1, 0.15) is 5.56 Å². The van der Waals surface area contributed by atoms with Gasteiger partial charge >= 0.3 is 0 Å². The first-order chi connectivity index (χ1) is 8.88. The Balaban J connectivity index is 2.36. The van der Waals surface area contributed by atoms with Crippen molar-refractivity contribution in [1.82, 2.24) is 4.98 Å². The standard InChI is InChI=1S/C12H11ClN2O3S/c1-8-6-9(16)2-3-11(8)15-19(17,18)10-4-5-14-12(13)7-10/h2-7,15-16H,1H3. The van der Waals surface area contributed by atoms with Crippen LogP contribution in [0, 0.1) is 6.92 Å². The molecule has 0 bridgehead atoms. The molecule has 0 spiro atoms. The maximum atomic E-state index is 12.1. The first-order valence-corrected chi connectivity index (χ1v) is 7.18. The molecule has 7 heteroatoms. The number of sulfonamides is 1. The van der Waals surface area contributed by atoms with Gasteiger partial charge in [0.15, 0.2) is 0 Å². The van der Waals surface area contributed by atoms with E-state index in [1.165, 1.54) is 36.5 Å². The fourth-order valence-electron chi connectivity index (χ4n) is 1.52. The second kappa shape index (κ2) is 5.07. The van der Waals surface area contributed by atoms with Gasteiger partial charge in [0.1, 0.15) is 10.9 Å². The number of nitrogens with one attached hydrogen (secondary N) is 1. The highest BCUT2D eigenvalue weighted by molar-refractivity contribution is 7.92. The number of aromatic nitrogens is 1. The summed E-state index contributed by atoms with van der Waals surface area (Å²) in [5, 5.41) is 9.39. The highest BCUT2D eigenvalue weighted by Crippen LogP contribution is 2.23. The van der Waals surface area contributed by atoms with Crippen molar-refractivity contribution in [3.05, 3.63) is 47.2 Å². The summed E-state index contributed by atoms with van der Waals surface area (Å²) >= 11 is 5.67. The fourth-order valence-corrected chi connectivity index (χ4v) is 2.90. The Morgan fingerprint density at radius 1 is 1.26 bits per heavy atom. The van der Waals surface area contributed by atoms with E-state index in [1.54, 1.807) is 6.92 Å². The fraction of sp³-hybridized carbons (Fsp3) is 0.0833. The summed E-state index contributed by atoms with van der Waals surface area (Å²) in [5.74, 6) is 0.0763. The van der Waals surface area contributed by atoms with Gasteiger partial charge in [-0.3, -0.25) is 4.72 Å². The van der Waals surface area contributed by atoms with E-state index in [4.69, 9.17) is 11.6 Å². The number of halogens is 1. The molecule has 0 aliphatic rings. The monoisotopic (exact) mass is 298 g/mol. The Kier molecular flexibility index (Phi) is 3.64. The van der Waals surface area contributed by atoms with Crippen LogP contribution in [0.4, 0.5) is 5.69 Å². The lowest BCUT2D eigenvalue weighted by atomic mass is 10.2. The molecule has 1 aromatic heterocycles. The van der Waals surface area contributed by atoms with Gasteiger partial charge in [0.05, 0.1) is 10.6 Å². The average molecular weight is 299 g/mol. The zero-order valence-electron chi connectivity index (χ0n) is 9.96. The third-order valence-corrected chi connectivity index (χ3v) is 4.03. The van der Waals surface area contributed by atoms with Crippen molar-refractivity contribution in [2.45, 2.75) is 11.8 Å². The predicted octanol–water partition coefficient (Wildman–Crippen LogP) is 2.55. The van der Waals surface area contributed by atoms with E-state index in [-0.39, 0.29) is 15.8 Å². The molecule has 0 saturated heterocycles. The molecule has 0 aliphatic heterocycles. The number of hydrogen-bond acceptors (Lipinski definition) is 4. The number of aromatic hydroxyl groups is 1. The van der Waals surface area contributed by atoms with Gasteiger partial charge in [0.2, 0.25) is 0 Å². The largest absolute Gasteiger partial charge is 0.508 e. The van der Waals surface area contributed by atoms with Gasteiger partial charge in [-0.2, -0.15) is 0 Å². The summed E-state index contributed by atoms with van der Waals surface area (Å²) in [6.07, 6.45) is 1.32. The second-order valence-corrected chi connectivity index (χ2v) is 5.99. The number of phenols is 1. The quantitative estimate of drug-likeness (QED) is 0.674. The number of anilines is 1. The van der Waals surface area contributed by atoms with Gasteiger partial charge < -0.3 is 5.11 Å². The maximum Gasteiger partial charge on any atom is 0.262 e. The molecule has 5 nitrogen and oxygen atoms in total. The lowest BCUT2D eigenvalue weighted by molar-refractivity contribution is 0.475. The molecular weight excluding hydrogens is 288 g/mol. The van der Waals surface area contributed by atoms with E-state index in [1.807, 2.05) is 0 Å². The summed E-state index contributed by atoms with van der Waals surface area (Å²) in [7, 11) is -3.73. The molecule has 2 N–H and O–H groups in total. The molecule has 2 aromatic rings. The molecule has 0 atom stereocenters. The van der Waals surface area contributed by atoms with Gasteiger partial charge in [-0.15, -0.1) is 0 Å². The Hall–Kier alpha value is -1.79. The normalized spacial score (nSPS) is 11.3. The lowest BCUT2D eigenvalue weighted by Crippen LogP contribution is -2.13. The van der Waals surface area contributed by atoms with Gasteiger partial charge in [-0.1, -0.05) is 11.6 Å². The first-order valence-electron chi connectivity index (χ1n) is 5.32. The number of nitrogens with zero attached hydrogens (tertiary/aromatic N) is 1. The van der Waals surface area contributed by atoms with Crippen LogP contribution in [0.5, 0.6) is 5.75 Å². The van der Waals surface area contributed by atoms with Crippen LogP contribution in [-0.4, -0.2) is 18.5 Å². The number of pyridine rings is 1. The van der Waals surface area contributed by atoms with E-state index < -0.39 is 10.0 Å². The summed E-state index contributed by atoms with van der Waals surface area (Å²) in [6, 6.07) is 6.98. The number of aryl methyl sites for hydroxylation is 1. The Bertz CT molecular complexity index is 717. The van der Waals surface area contributed by atoms with Crippen molar-refractivity contribution >= 4 is 27.3 Å². The van der Waals surface area contributed by atoms with Crippen molar-refractivity contribution in [3.63, 3.8) is 0 Å². The van der Waals surface area contributed by atoms with Gasteiger partial charge in [0, 0.05) is 6.20 Å². The van der Waals surface area contributed by atoms with E-state index in [2.05, 4.69) is 9.71 Å². The minimum atomic E-state index is -3.73. The van der Waals surface area contributed by atoms with Gasteiger partial charge in [-0.25, -0.2) is 13.4 Å². The van der Waals surface area contributed by atoms with Crippen molar-refractivity contribution in [2.24, 2.45) is 0 Å². The van der Waals surface area contributed by atoms with Gasteiger partial charge in [-0.05, 0) is 42.8 Å². The Morgan fingerprint density at radius 3 is 2.63 bits per heavy atom. The molecule has 0 saturated carbocycles. The SMILES string of the molecule is Cc1cc(O)ccc1NS(=O)(=O)c1ccnc(Cl)c1. The van der Waals surface area contributed by atoms with Crippen LogP contribution >= 0.6 is 11.6 Å². The van der Waals surface area contributed by atoms with Crippen molar-refractivity contribution in [2.75, 3.05) is 4.72 Å². The Morgan fingerprint density at radius 2 is 2.00 bits per heavy atom. The van der Waals surface area contributed by atoms with Crippen LogP contribution in [0.25, 0.3) is 0 Å². The van der Waals surface area contributed by atoms with E-state index in [0.29, 0.717) is 11.3 Å². The topological polar surface area (TPSA) is 79.3 Å². The Labute approximate surface area is 115 Å². The summed E-state index contributed by atoms with van der Waals surface area (Å²) in [6.45, 7) is 1.69. The zero-order chi connectivity index (χ0) is 14.0. The third kappa shape index (κ3) is 3.15. The highest BCUT2D eigenvalue weighted by atomic mass is 35.5. The predicted molar refractivity (Wildman–Crippen MR) is 72.9 cm³/mol. The summed E-state index contributed by atoms with van der Waals surface area (Å²) in [4.78, 5) is 3.76. The molecule has 2 rings (SSSR count). The number of benzene rings is 1. The third-order valence-electron chi connectivity index (χ3n) is 2.46. The van der Waals surface area contributed by atoms with Crippen molar-refractivity contribution in [3.8, 4) is 5.75 Å². The smallest absolute Gasteiger partial charge is 0.262 e. The molecule has 0 aliphatic carbocycles. The molecule has 1 aromatic carbocycles. The molecule has 0 unspecified atom stereocenters. The second-order valence-electron chi connectivity index (χ2n) is 3.92. The van der Waals surface area contributed by atoms with Gasteiger partial charge in [0.25, 0.3) is 10.0 Å². The number of phenolic OH excluding ortho intramolecular Hbond substituents is 1. The van der Waals surface area contributed by atoms with E-state index >= 15 is 0 Å². The lowest BCUT2D eigenvalue weighted by Gasteiger charge is -2.10. The number of hydrogen-bond donors (Lipinski definition) is 2. The molecular formula is C12H11ClN2O3S. The van der Waals surface area contributed by atoms with Crippen LogP contribution in [0.3, 0.4) is 0 Å². The zero-order valence-corrected chi connectivity index (χ0v) is 11.5. The molecule has 0 amide bonds. The highest BCUT2D eigenvalue weighted by Gasteiger charge is 2.15. The van der Waals surface area contributed by atoms with Crippen LogP contribution < -0.4 is 4.72 Å². The molecule has 0 radical (unpaired) electrons. The van der Waals surface area contributed by atoms with Crippen molar-refractivity contribution in [1.29, 1.82) is 0 Å². The molecule has 19 heavy (non-hydrogen) atoms. The van der Waals surface area contributed by atoms with Crippen LogP contribution in [-0.2, 0) is 10.0 Å². The van der Waals surface area contributed by atoms with Crippen molar-refractivity contribution < 1.29 is 13.5 Å². The molecule has 100 valence electrons. The summed E-state index contributed by atoms with van der Waals surface area (Å²) < 4.78 is 26.7. The van der Waals surface area contributed by atoms with Crippen LogP contribution in [0.15, 0.2) is 41.4 Å². The minimum absolute atomic E-state index is 0.0278. The maximum absolute atomic E-state index is 12.1. The van der Waals surface area contributed by atoms with E-state index in [0.717, 1.165) is 0 Å². The molecule has 0 fully saturated rings. The first kappa shape index (κ1) is 13.6. The van der Waals surface area contributed by atoms with Crippen LogP contribution in [0.2, 0.25) is 5.15 Å². The summed E-state index contributed by atoms with van der Waals surface area (Å²) in [5.41, 5.74) is 1.01. The van der Waals surface area contributed by atoms with E-state index in [9.17, 15) is 13.5 Å². The molecule has 1 heterocycles. The average Bonchev–Trinajstić information content (AvgIpc) is 2.33. The minimum Gasteiger partial charge on any atom is -0.508 e.